The lowest BCUT2D eigenvalue weighted by atomic mass is 10.0. The highest BCUT2D eigenvalue weighted by Gasteiger charge is 2.30. The third-order valence-corrected chi connectivity index (χ3v) is 7.62. The third kappa shape index (κ3) is 3.55. The van der Waals surface area contributed by atoms with Crippen molar-refractivity contribution in [3.8, 4) is 29.6 Å². The summed E-state index contributed by atoms with van der Waals surface area (Å²) in [5.74, 6) is 0. The fraction of sp³-hybridized carbons (Fsp3) is 0.0294. The molecular weight excluding hydrogens is 535 g/mol. The molecule has 0 aliphatic carbocycles. The average molecular weight is 552 g/mol. The van der Waals surface area contributed by atoms with Crippen molar-refractivity contribution in [3.63, 3.8) is 0 Å². The van der Waals surface area contributed by atoms with Gasteiger partial charge in [0, 0.05) is 27.2 Å². The molecule has 0 spiro atoms. The van der Waals surface area contributed by atoms with E-state index in [2.05, 4.69) is 12.1 Å². The Morgan fingerprint density at radius 1 is 0.524 bits per heavy atom. The first kappa shape index (κ1) is 25.0. The molecule has 0 aliphatic heterocycles. The topological polar surface area (TPSA) is 81.2 Å². The van der Waals surface area contributed by atoms with Crippen LogP contribution in [0.25, 0.3) is 55.0 Å². The molecule has 5 aromatic carbocycles. The maximum absolute atomic E-state index is 13.3. The van der Waals surface area contributed by atoms with Crippen LogP contribution in [0, 0.1) is 34.0 Å². The number of benzene rings is 5. The van der Waals surface area contributed by atoms with Crippen molar-refractivity contribution < 1.29 is 13.2 Å². The summed E-state index contributed by atoms with van der Waals surface area (Å²) in [6, 6.07) is 33.7. The standard InChI is InChI=1S/C34H16F3N5/c35-34(36,37)23-9-11-24(12-10-23)41-29-7-3-1-5-25(29)27-15-28-26-6-2-4-8-30(26)42(32(28)16-31(27)41)33-21(18-39)13-20(17-38)14-22(33)19-40/h1-16H. The van der Waals surface area contributed by atoms with Crippen molar-refractivity contribution in [3.05, 3.63) is 119 Å². The van der Waals surface area contributed by atoms with Gasteiger partial charge in [0.05, 0.1) is 56.1 Å². The molecule has 0 fully saturated rings. The van der Waals surface area contributed by atoms with Crippen molar-refractivity contribution in [2.75, 3.05) is 0 Å². The van der Waals surface area contributed by atoms with Crippen LogP contribution < -0.4 is 0 Å². The van der Waals surface area contributed by atoms with Crippen LogP contribution in [-0.4, -0.2) is 9.13 Å². The predicted octanol–water partition coefficient (Wildman–Crippen LogP) is 8.51. The molecule has 8 heteroatoms. The molecule has 0 aliphatic rings. The van der Waals surface area contributed by atoms with E-state index >= 15 is 0 Å². The highest BCUT2D eigenvalue weighted by molar-refractivity contribution is 6.19. The van der Waals surface area contributed by atoms with Crippen molar-refractivity contribution in [2.24, 2.45) is 0 Å². The molecule has 5 nitrogen and oxygen atoms in total. The SMILES string of the molecule is N#Cc1cc(C#N)c(-n2c3ccccc3c3cc4c5ccccc5n(-c5ccc(C(F)(F)F)cc5)c4cc32)c(C#N)c1. The summed E-state index contributed by atoms with van der Waals surface area (Å²) in [5, 5.41) is 33.3. The molecule has 7 aromatic rings. The molecular formula is C34H16F3N5. The van der Waals surface area contributed by atoms with E-state index in [0.29, 0.717) is 16.9 Å². The summed E-state index contributed by atoms with van der Waals surface area (Å²) in [5.41, 5.74) is 3.80. The highest BCUT2D eigenvalue weighted by Crippen LogP contribution is 2.41. The number of para-hydroxylation sites is 2. The van der Waals surface area contributed by atoms with Gasteiger partial charge in [0.15, 0.2) is 0 Å². The molecule has 0 radical (unpaired) electrons. The summed E-state index contributed by atoms with van der Waals surface area (Å²) in [6.45, 7) is 0. The third-order valence-electron chi connectivity index (χ3n) is 7.62. The van der Waals surface area contributed by atoms with E-state index in [1.165, 1.54) is 24.3 Å². The summed E-state index contributed by atoms with van der Waals surface area (Å²) in [4.78, 5) is 0. The number of fused-ring (bicyclic) bond motifs is 6. The normalized spacial score (nSPS) is 11.6. The molecule has 2 aromatic heterocycles. The molecule has 7 rings (SSSR count). The van der Waals surface area contributed by atoms with Gasteiger partial charge < -0.3 is 9.13 Å². The minimum atomic E-state index is -4.45. The second-order valence-corrected chi connectivity index (χ2v) is 9.89. The number of aromatic nitrogens is 2. The Hall–Kier alpha value is -6.04. The molecule has 0 bridgehead atoms. The molecule has 0 unspecified atom stereocenters. The minimum absolute atomic E-state index is 0.177. The fourth-order valence-corrected chi connectivity index (χ4v) is 5.86. The Morgan fingerprint density at radius 2 is 1.05 bits per heavy atom. The van der Waals surface area contributed by atoms with Gasteiger partial charge in [-0.1, -0.05) is 36.4 Å². The van der Waals surface area contributed by atoms with E-state index in [-0.39, 0.29) is 16.7 Å². The zero-order chi connectivity index (χ0) is 29.2. The molecule has 0 saturated carbocycles. The first-order chi connectivity index (χ1) is 20.3. The number of alkyl halides is 3. The summed E-state index contributed by atoms with van der Waals surface area (Å²) >= 11 is 0. The molecule has 42 heavy (non-hydrogen) atoms. The number of hydrogen-bond donors (Lipinski definition) is 0. The van der Waals surface area contributed by atoms with Gasteiger partial charge in [0.1, 0.15) is 12.1 Å². The number of hydrogen-bond acceptors (Lipinski definition) is 3. The van der Waals surface area contributed by atoms with Crippen LogP contribution >= 0.6 is 0 Å². The van der Waals surface area contributed by atoms with Crippen LogP contribution in [0.3, 0.4) is 0 Å². The van der Waals surface area contributed by atoms with Gasteiger partial charge in [-0.25, -0.2) is 0 Å². The molecule has 2 heterocycles. The van der Waals surface area contributed by atoms with Crippen LogP contribution in [0.2, 0.25) is 0 Å². The van der Waals surface area contributed by atoms with Crippen molar-refractivity contribution in [1.82, 2.24) is 9.13 Å². The lowest BCUT2D eigenvalue weighted by molar-refractivity contribution is -0.137. The number of nitriles is 3. The molecule has 0 atom stereocenters. The largest absolute Gasteiger partial charge is 0.416 e. The Kier molecular flexibility index (Phi) is 5.34. The van der Waals surface area contributed by atoms with Gasteiger partial charge in [0.2, 0.25) is 0 Å². The first-order valence-corrected chi connectivity index (χ1v) is 12.9. The summed E-state index contributed by atoms with van der Waals surface area (Å²) < 4.78 is 43.8. The molecule has 0 saturated heterocycles. The van der Waals surface area contributed by atoms with E-state index in [1.807, 2.05) is 75.9 Å². The lowest BCUT2D eigenvalue weighted by Crippen LogP contribution is -2.05. The lowest BCUT2D eigenvalue weighted by Gasteiger charge is -2.13. The Morgan fingerprint density at radius 3 is 1.57 bits per heavy atom. The van der Waals surface area contributed by atoms with Gasteiger partial charge in [-0.2, -0.15) is 29.0 Å². The van der Waals surface area contributed by atoms with Gasteiger partial charge in [-0.05, 0) is 60.7 Å². The Labute approximate surface area is 236 Å². The van der Waals surface area contributed by atoms with Crippen LogP contribution in [0.4, 0.5) is 13.2 Å². The van der Waals surface area contributed by atoms with E-state index in [1.54, 1.807) is 0 Å². The first-order valence-electron chi connectivity index (χ1n) is 12.9. The number of halogens is 3. The van der Waals surface area contributed by atoms with Gasteiger partial charge in [0.25, 0.3) is 0 Å². The van der Waals surface area contributed by atoms with Crippen molar-refractivity contribution in [2.45, 2.75) is 6.18 Å². The molecule has 198 valence electrons. The van der Waals surface area contributed by atoms with E-state index in [0.717, 1.165) is 50.2 Å². The number of rotatable bonds is 2. The van der Waals surface area contributed by atoms with Crippen molar-refractivity contribution in [1.29, 1.82) is 15.8 Å². The van der Waals surface area contributed by atoms with Crippen LogP contribution in [0.5, 0.6) is 0 Å². The second kappa shape index (κ2) is 8.99. The zero-order valence-electron chi connectivity index (χ0n) is 21.6. The quantitative estimate of drug-likeness (QED) is 0.216. The number of nitrogens with zero attached hydrogens (tertiary/aromatic N) is 5. The van der Waals surface area contributed by atoms with Gasteiger partial charge in [-0.3, -0.25) is 0 Å². The van der Waals surface area contributed by atoms with Crippen LogP contribution in [-0.2, 0) is 6.18 Å². The monoisotopic (exact) mass is 551 g/mol. The van der Waals surface area contributed by atoms with Gasteiger partial charge >= 0.3 is 6.18 Å². The maximum atomic E-state index is 13.3. The Balaban J connectivity index is 1.64. The Bertz CT molecular complexity index is 2340. The fourth-order valence-electron chi connectivity index (χ4n) is 5.86. The smallest absolute Gasteiger partial charge is 0.309 e. The molecule has 0 amide bonds. The average Bonchev–Trinajstić information content (AvgIpc) is 3.50. The highest BCUT2D eigenvalue weighted by atomic mass is 19.4. The van der Waals surface area contributed by atoms with E-state index in [4.69, 9.17) is 0 Å². The van der Waals surface area contributed by atoms with E-state index < -0.39 is 11.7 Å². The minimum Gasteiger partial charge on any atom is -0.309 e. The van der Waals surface area contributed by atoms with Crippen molar-refractivity contribution >= 4 is 43.6 Å². The van der Waals surface area contributed by atoms with Gasteiger partial charge in [-0.15, -0.1) is 0 Å². The molecule has 0 N–H and O–H groups in total. The summed E-state index contributed by atoms with van der Waals surface area (Å²) in [7, 11) is 0. The summed E-state index contributed by atoms with van der Waals surface area (Å²) in [6.07, 6.45) is -4.45. The second-order valence-electron chi connectivity index (χ2n) is 9.89. The zero-order valence-corrected chi connectivity index (χ0v) is 21.6. The van der Waals surface area contributed by atoms with Crippen LogP contribution in [0.15, 0.2) is 97.1 Å². The maximum Gasteiger partial charge on any atom is 0.416 e. The predicted molar refractivity (Wildman–Crippen MR) is 154 cm³/mol. The van der Waals surface area contributed by atoms with E-state index in [9.17, 15) is 29.0 Å². The van der Waals surface area contributed by atoms with Crippen LogP contribution in [0.1, 0.15) is 22.3 Å².